The van der Waals surface area contributed by atoms with Crippen LogP contribution in [-0.4, -0.2) is 37.1 Å². The molecule has 1 atom stereocenters. The number of benzene rings is 1. The number of carbonyl (C=O) groups excluding carboxylic acids is 1. The highest BCUT2D eigenvalue weighted by molar-refractivity contribution is 5.82. The van der Waals surface area contributed by atoms with Crippen LogP contribution in [0.4, 0.5) is 0 Å². The van der Waals surface area contributed by atoms with E-state index in [-0.39, 0.29) is 19.1 Å². The second kappa shape index (κ2) is 7.43. The van der Waals surface area contributed by atoms with E-state index in [1.807, 2.05) is 36.4 Å². The zero-order chi connectivity index (χ0) is 13.4. The van der Waals surface area contributed by atoms with E-state index in [0.29, 0.717) is 6.54 Å². The van der Waals surface area contributed by atoms with Crippen LogP contribution in [0.5, 0.6) is 0 Å². The van der Waals surface area contributed by atoms with Gasteiger partial charge in [0.15, 0.2) is 0 Å². The van der Waals surface area contributed by atoms with Crippen LogP contribution in [0, 0.1) is 11.3 Å². The third-order valence-corrected chi connectivity index (χ3v) is 2.45. The first-order chi connectivity index (χ1) is 8.69. The molecule has 0 aliphatic heterocycles. The summed E-state index contributed by atoms with van der Waals surface area (Å²) in [5.41, 5.74) is 6.65. The Hall–Kier alpha value is -1.90. The molecule has 0 spiro atoms. The van der Waals surface area contributed by atoms with Gasteiger partial charge in [0.05, 0.1) is 12.7 Å². The van der Waals surface area contributed by atoms with Gasteiger partial charge in [-0.15, -0.1) is 0 Å². The Morgan fingerprint density at radius 2 is 2.17 bits per heavy atom. The molecule has 96 valence electrons. The van der Waals surface area contributed by atoms with Crippen LogP contribution in [0.15, 0.2) is 30.3 Å². The molecule has 0 aliphatic rings. The highest BCUT2D eigenvalue weighted by Gasteiger charge is 2.20. The van der Waals surface area contributed by atoms with E-state index >= 15 is 0 Å². The van der Waals surface area contributed by atoms with Crippen LogP contribution in [0.25, 0.3) is 0 Å². The van der Waals surface area contributed by atoms with E-state index in [1.165, 1.54) is 12.0 Å². The van der Waals surface area contributed by atoms with Gasteiger partial charge in [-0.1, -0.05) is 30.3 Å². The Kier molecular flexibility index (Phi) is 5.85. The van der Waals surface area contributed by atoms with Gasteiger partial charge in [0.2, 0.25) is 5.91 Å². The first-order valence-corrected chi connectivity index (χ1v) is 5.63. The van der Waals surface area contributed by atoms with E-state index in [9.17, 15) is 4.79 Å². The number of hydrogen-bond donors (Lipinski definition) is 1. The topological polar surface area (TPSA) is 79.3 Å². The molecule has 1 unspecified atom stereocenters. The van der Waals surface area contributed by atoms with Gasteiger partial charge >= 0.3 is 0 Å². The monoisotopic (exact) mass is 247 g/mol. The first kappa shape index (κ1) is 14.2. The van der Waals surface area contributed by atoms with Crippen molar-refractivity contribution in [3.05, 3.63) is 35.9 Å². The first-order valence-electron chi connectivity index (χ1n) is 5.63. The summed E-state index contributed by atoms with van der Waals surface area (Å²) in [6.45, 7) is 0.547. The molecule has 5 heteroatoms. The van der Waals surface area contributed by atoms with Crippen molar-refractivity contribution in [1.82, 2.24) is 4.90 Å². The van der Waals surface area contributed by atoms with Crippen LogP contribution in [0.2, 0.25) is 0 Å². The number of ether oxygens (including phenoxy) is 1. The molecule has 1 rings (SSSR count). The van der Waals surface area contributed by atoms with E-state index < -0.39 is 6.04 Å². The molecule has 0 saturated carbocycles. The minimum absolute atomic E-state index is 0.0190. The summed E-state index contributed by atoms with van der Waals surface area (Å²) in [6, 6.07) is 10.7. The lowest BCUT2D eigenvalue weighted by Gasteiger charge is -2.23. The Bertz CT molecular complexity index is 414. The summed E-state index contributed by atoms with van der Waals surface area (Å²) in [4.78, 5) is 13.4. The summed E-state index contributed by atoms with van der Waals surface area (Å²) >= 11 is 0. The average Bonchev–Trinajstić information content (AvgIpc) is 2.39. The predicted molar refractivity (Wildman–Crippen MR) is 67.3 cm³/mol. The number of nitrogens with zero attached hydrogens (tertiary/aromatic N) is 2. The number of methoxy groups -OCH3 is 1. The average molecular weight is 247 g/mol. The number of rotatable bonds is 6. The molecule has 0 saturated heterocycles. The Balaban J connectivity index is 2.71. The maximum Gasteiger partial charge on any atom is 0.243 e. The lowest BCUT2D eigenvalue weighted by atomic mass is 10.2. The maximum absolute atomic E-state index is 12.0. The van der Waals surface area contributed by atoms with Crippen molar-refractivity contribution >= 4 is 5.91 Å². The van der Waals surface area contributed by atoms with E-state index in [1.54, 1.807) is 0 Å². The lowest BCUT2D eigenvalue weighted by molar-refractivity contribution is -0.133. The van der Waals surface area contributed by atoms with Crippen molar-refractivity contribution < 1.29 is 9.53 Å². The molecule has 0 heterocycles. The molecule has 0 bridgehead atoms. The van der Waals surface area contributed by atoms with Crippen LogP contribution in [-0.2, 0) is 16.1 Å². The van der Waals surface area contributed by atoms with Gasteiger partial charge in [0, 0.05) is 13.7 Å². The van der Waals surface area contributed by atoms with Crippen molar-refractivity contribution in [3.63, 3.8) is 0 Å². The zero-order valence-corrected chi connectivity index (χ0v) is 10.4. The second-order valence-electron chi connectivity index (χ2n) is 3.90. The molecule has 1 aromatic carbocycles. The van der Waals surface area contributed by atoms with Gasteiger partial charge in [-0.3, -0.25) is 4.79 Å². The van der Waals surface area contributed by atoms with Gasteiger partial charge in [-0.2, -0.15) is 5.26 Å². The molecular formula is C13H17N3O2. The van der Waals surface area contributed by atoms with Crippen LogP contribution in [0.1, 0.15) is 5.56 Å². The molecular weight excluding hydrogens is 230 g/mol. The minimum Gasteiger partial charge on any atom is -0.383 e. The fraction of sp³-hybridized carbons (Fsp3) is 0.385. The van der Waals surface area contributed by atoms with E-state index in [2.05, 4.69) is 0 Å². The summed E-state index contributed by atoms with van der Waals surface area (Å²) in [6.07, 6.45) is 0. The van der Waals surface area contributed by atoms with Crippen molar-refractivity contribution in [1.29, 1.82) is 5.26 Å². The molecule has 0 aromatic heterocycles. The van der Waals surface area contributed by atoms with Gasteiger partial charge in [0.25, 0.3) is 0 Å². The zero-order valence-electron chi connectivity index (χ0n) is 10.4. The lowest BCUT2D eigenvalue weighted by Crippen LogP contribution is -2.45. The highest BCUT2D eigenvalue weighted by atomic mass is 16.5. The number of amides is 1. The summed E-state index contributed by atoms with van der Waals surface area (Å²) in [5, 5.41) is 8.76. The molecule has 0 fully saturated rings. The highest BCUT2D eigenvalue weighted by Crippen LogP contribution is 2.05. The number of nitrogens with two attached hydrogens (primary N) is 1. The smallest absolute Gasteiger partial charge is 0.243 e. The second-order valence-corrected chi connectivity index (χ2v) is 3.90. The largest absolute Gasteiger partial charge is 0.383 e. The molecule has 18 heavy (non-hydrogen) atoms. The number of nitriles is 1. The minimum atomic E-state index is -0.730. The van der Waals surface area contributed by atoms with Crippen molar-refractivity contribution in [3.8, 4) is 6.07 Å². The van der Waals surface area contributed by atoms with E-state index in [0.717, 1.165) is 5.56 Å². The molecule has 2 N–H and O–H groups in total. The molecule has 1 amide bonds. The summed E-state index contributed by atoms with van der Waals surface area (Å²) < 4.78 is 4.85. The Morgan fingerprint density at radius 3 is 2.72 bits per heavy atom. The Labute approximate surface area is 107 Å². The van der Waals surface area contributed by atoms with Gasteiger partial charge < -0.3 is 15.4 Å². The molecule has 0 aliphatic carbocycles. The fourth-order valence-electron chi connectivity index (χ4n) is 1.59. The summed E-state index contributed by atoms with van der Waals surface area (Å²) in [7, 11) is 1.49. The molecule has 5 nitrogen and oxygen atoms in total. The van der Waals surface area contributed by atoms with Gasteiger partial charge in [0.1, 0.15) is 12.6 Å². The Morgan fingerprint density at radius 1 is 1.50 bits per heavy atom. The number of carbonyl (C=O) groups is 1. The van der Waals surface area contributed by atoms with Gasteiger partial charge in [-0.25, -0.2) is 0 Å². The third kappa shape index (κ3) is 4.17. The quantitative estimate of drug-likeness (QED) is 0.743. The van der Waals surface area contributed by atoms with Crippen LogP contribution < -0.4 is 5.73 Å². The molecule has 1 aromatic rings. The molecule has 0 radical (unpaired) electrons. The maximum atomic E-state index is 12.0. The SMILES string of the molecule is COCC(N)C(=O)N(CC#N)Cc1ccccc1. The summed E-state index contributed by atoms with van der Waals surface area (Å²) in [5.74, 6) is -0.276. The van der Waals surface area contributed by atoms with Crippen molar-refractivity contribution in [2.75, 3.05) is 20.3 Å². The van der Waals surface area contributed by atoms with Gasteiger partial charge in [-0.05, 0) is 5.56 Å². The normalized spacial score (nSPS) is 11.6. The fourth-order valence-corrected chi connectivity index (χ4v) is 1.59. The van der Waals surface area contributed by atoms with Crippen LogP contribution >= 0.6 is 0 Å². The van der Waals surface area contributed by atoms with Crippen molar-refractivity contribution in [2.24, 2.45) is 5.73 Å². The standard InChI is InChI=1S/C13H17N3O2/c1-18-10-12(15)13(17)16(8-7-14)9-11-5-3-2-4-6-11/h2-6,12H,8-10,15H2,1H3. The third-order valence-electron chi connectivity index (χ3n) is 2.45. The van der Waals surface area contributed by atoms with Crippen molar-refractivity contribution in [2.45, 2.75) is 12.6 Å². The predicted octanol–water partition coefficient (Wildman–Crippen LogP) is 0.512. The number of hydrogen-bond acceptors (Lipinski definition) is 4. The van der Waals surface area contributed by atoms with Crippen LogP contribution in [0.3, 0.4) is 0 Å². The van der Waals surface area contributed by atoms with E-state index in [4.69, 9.17) is 15.7 Å².